The van der Waals surface area contributed by atoms with Gasteiger partial charge in [0.1, 0.15) is 5.82 Å². The predicted octanol–water partition coefficient (Wildman–Crippen LogP) is 4.00. The van der Waals surface area contributed by atoms with Crippen LogP contribution in [-0.4, -0.2) is 32.6 Å². The molecule has 1 aromatic heterocycles. The number of nitrogens with zero attached hydrogens (tertiary/aromatic N) is 2. The highest BCUT2D eigenvalue weighted by Gasteiger charge is 2.32. The summed E-state index contributed by atoms with van der Waals surface area (Å²) in [6.07, 6.45) is 3.26. The third-order valence-corrected chi connectivity index (χ3v) is 6.29. The van der Waals surface area contributed by atoms with E-state index in [2.05, 4.69) is 29.8 Å². The predicted molar refractivity (Wildman–Crippen MR) is 123 cm³/mol. The van der Waals surface area contributed by atoms with Gasteiger partial charge < -0.3 is 9.88 Å². The molecule has 0 spiro atoms. The number of imidazole rings is 1. The summed E-state index contributed by atoms with van der Waals surface area (Å²) in [7, 11) is 0. The second-order valence-corrected chi connectivity index (χ2v) is 8.84. The Balaban J connectivity index is 1.49. The normalized spacial score (nSPS) is 18.6. The number of benzene rings is 2. The number of carbonyl (C=O) groups excluding carboxylic acids is 2. The lowest BCUT2D eigenvalue weighted by atomic mass is 9.84. The highest BCUT2D eigenvalue weighted by molar-refractivity contribution is 5.95. The van der Waals surface area contributed by atoms with Gasteiger partial charge in [-0.3, -0.25) is 14.8 Å². The van der Waals surface area contributed by atoms with Crippen molar-refractivity contribution >= 4 is 22.8 Å². The van der Waals surface area contributed by atoms with E-state index >= 15 is 0 Å². The average Bonchev–Trinajstić information content (AvgIpc) is 3.18. The van der Waals surface area contributed by atoms with Crippen molar-refractivity contribution < 1.29 is 14.8 Å². The van der Waals surface area contributed by atoms with Gasteiger partial charge in [-0.05, 0) is 42.7 Å². The van der Waals surface area contributed by atoms with Gasteiger partial charge in [-0.25, -0.2) is 10.5 Å². The molecular weight excluding hydrogens is 404 g/mol. The van der Waals surface area contributed by atoms with E-state index in [1.807, 2.05) is 42.5 Å². The third-order valence-electron chi connectivity index (χ3n) is 6.29. The standard InChI is InChI=1S/C25H30N4O3/c1-16(2)23-26-21-9-5-6-10-22(21)29(23)15-17-11-13-18(14-12-17)24(30)27-20-8-4-3-7-19(20)25(31)28-32/h5-6,9-14,16,19-20,32H,3-4,7-8,15H2,1-2H3,(H,27,30)(H,28,31)/t19-,20-/m1/s1. The summed E-state index contributed by atoms with van der Waals surface area (Å²) >= 11 is 0. The number of hydrogen-bond acceptors (Lipinski definition) is 4. The molecule has 2 aromatic carbocycles. The lowest BCUT2D eigenvalue weighted by Crippen LogP contribution is -2.47. The number of fused-ring (bicyclic) bond motifs is 1. The van der Waals surface area contributed by atoms with E-state index in [1.165, 1.54) is 0 Å². The molecule has 1 fully saturated rings. The number of hydroxylamine groups is 1. The topological polar surface area (TPSA) is 96.2 Å². The number of carbonyl (C=O) groups is 2. The van der Waals surface area contributed by atoms with Crippen LogP contribution in [0.25, 0.3) is 11.0 Å². The zero-order valence-electron chi connectivity index (χ0n) is 18.5. The first-order valence-corrected chi connectivity index (χ1v) is 11.3. The molecule has 1 aliphatic rings. The fraction of sp³-hybridized carbons (Fsp3) is 0.400. The summed E-state index contributed by atoms with van der Waals surface area (Å²) in [5, 5.41) is 12.0. The Morgan fingerprint density at radius 1 is 1.09 bits per heavy atom. The van der Waals surface area contributed by atoms with Crippen LogP contribution in [0.2, 0.25) is 0 Å². The van der Waals surface area contributed by atoms with Gasteiger partial charge in [0.05, 0.1) is 17.0 Å². The summed E-state index contributed by atoms with van der Waals surface area (Å²) in [5.41, 5.74) is 5.46. The Bertz CT molecular complexity index is 1100. The monoisotopic (exact) mass is 434 g/mol. The first kappa shape index (κ1) is 22.0. The largest absolute Gasteiger partial charge is 0.349 e. The molecule has 1 heterocycles. The van der Waals surface area contributed by atoms with Gasteiger partial charge in [-0.1, -0.05) is 51.0 Å². The lowest BCUT2D eigenvalue weighted by molar-refractivity contribution is -0.135. The van der Waals surface area contributed by atoms with Crippen molar-refractivity contribution in [3.8, 4) is 0 Å². The molecule has 3 aromatic rings. The van der Waals surface area contributed by atoms with Crippen LogP contribution < -0.4 is 10.8 Å². The molecule has 0 radical (unpaired) electrons. The third kappa shape index (κ3) is 4.53. The quantitative estimate of drug-likeness (QED) is 0.404. The van der Waals surface area contributed by atoms with Crippen LogP contribution in [0, 0.1) is 5.92 Å². The molecule has 0 unspecified atom stereocenters. The fourth-order valence-corrected chi connectivity index (χ4v) is 4.60. The van der Waals surface area contributed by atoms with Gasteiger partial charge in [0.2, 0.25) is 5.91 Å². The van der Waals surface area contributed by atoms with E-state index in [9.17, 15) is 9.59 Å². The minimum atomic E-state index is -0.432. The number of amides is 2. The smallest absolute Gasteiger partial charge is 0.251 e. The van der Waals surface area contributed by atoms with E-state index in [-0.39, 0.29) is 11.9 Å². The second-order valence-electron chi connectivity index (χ2n) is 8.84. The molecule has 7 nitrogen and oxygen atoms in total. The van der Waals surface area contributed by atoms with Crippen molar-refractivity contribution in [2.24, 2.45) is 5.92 Å². The maximum atomic E-state index is 12.8. The molecule has 1 saturated carbocycles. The Morgan fingerprint density at radius 2 is 1.81 bits per heavy atom. The molecule has 0 saturated heterocycles. The molecule has 168 valence electrons. The summed E-state index contributed by atoms with van der Waals surface area (Å²) in [4.78, 5) is 29.5. The maximum Gasteiger partial charge on any atom is 0.251 e. The van der Waals surface area contributed by atoms with Crippen LogP contribution in [0.15, 0.2) is 48.5 Å². The van der Waals surface area contributed by atoms with E-state index in [1.54, 1.807) is 5.48 Å². The first-order valence-electron chi connectivity index (χ1n) is 11.3. The summed E-state index contributed by atoms with van der Waals surface area (Å²) in [6.45, 7) is 4.96. The molecule has 1 aliphatic carbocycles. The van der Waals surface area contributed by atoms with E-state index in [4.69, 9.17) is 10.2 Å². The van der Waals surface area contributed by atoms with Crippen molar-refractivity contribution in [1.29, 1.82) is 0 Å². The van der Waals surface area contributed by atoms with E-state index < -0.39 is 11.8 Å². The zero-order chi connectivity index (χ0) is 22.7. The molecule has 2 amide bonds. The number of rotatable bonds is 6. The van der Waals surface area contributed by atoms with Gasteiger partial charge in [-0.2, -0.15) is 0 Å². The highest BCUT2D eigenvalue weighted by atomic mass is 16.5. The molecule has 3 N–H and O–H groups in total. The Hall–Kier alpha value is -3.19. The van der Waals surface area contributed by atoms with Crippen LogP contribution in [0.4, 0.5) is 0 Å². The molecule has 4 rings (SSSR count). The summed E-state index contributed by atoms with van der Waals surface area (Å²) in [5.74, 6) is 0.306. The molecule has 0 aliphatic heterocycles. The first-order chi connectivity index (χ1) is 15.5. The maximum absolute atomic E-state index is 12.8. The van der Waals surface area contributed by atoms with Gasteiger partial charge in [0, 0.05) is 24.1 Å². The molecule has 32 heavy (non-hydrogen) atoms. The fourth-order valence-electron chi connectivity index (χ4n) is 4.60. The second kappa shape index (κ2) is 9.53. The van der Waals surface area contributed by atoms with Gasteiger partial charge in [-0.15, -0.1) is 0 Å². The van der Waals surface area contributed by atoms with Crippen molar-refractivity contribution in [2.75, 3.05) is 0 Å². The Morgan fingerprint density at radius 3 is 2.53 bits per heavy atom. The minimum absolute atomic E-state index is 0.199. The summed E-state index contributed by atoms with van der Waals surface area (Å²) < 4.78 is 2.23. The van der Waals surface area contributed by atoms with Crippen LogP contribution in [0.3, 0.4) is 0 Å². The average molecular weight is 435 g/mol. The van der Waals surface area contributed by atoms with Crippen molar-refractivity contribution in [2.45, 2.75) is 58.0 Å². The lowest BCUT2D eigenvalue weighted by Gasteiger charge is -2.30. The highest BCUT2D eigenvalue weighted by Crippen LogP contribution is 2.26. The van der Waals surface area contributed by atoms with Crippen molar-refractivity contribution in [3.05, 3.63) is 65.5 Å². The molecule has 2 atom stereocenters. The Kier molecular flexibility index (Phi) is 6.55. The van der Waals surface area contributed by atoms with Crippen molar-refractivity contribution in [3.63, 3.8) is 0 Å². The van der Waals surface area contributed by atoms with Crippen molar-refractivity contribution in [1.82, 2.24) is 20.3 Å². The van der Waals surface area contributed by atoms with Gasteiger partial charge >= 0.3 is 0 Å². The summed E-state index contributed by atoms with van der Waals surface area (Å²) in [6, 6.07) is 15.4. The molecular formula is C25H30N4O3. The van der Waals surface area contributed by atoms with E-state index in [0.29, 0.717) is 24.4 Å². The van der Waals surface area contributed by atoms with Gasteiger partial charge in [0.15, 0.2) is 0 Å². The Labute approximate surface area is 187 Å². The van der Waals surface area contributed by atoms with E-state index in [0.717, 1.165) is 41.7 Å². The van der Waals surface area contributed by atoms with Crippen LogP contribution in [0.1, 0.15) is 67.2 Å². The van der Waals surface area contributed by atoms with Crippen LogP contribution >= 0.6 is 0 Å². The number of nitrogens with one attached hydrogen (secondary N) is 2. The number of hydrogen-bond donors (Lipinski definition) is 3. The minimum Gasteiger partial charge on any atom is -0.349 e. The number of para-hydroxylation sites is 2. The molecule has 0 bridgehead atoms. The van der Waals surface area contributed by atoms with Crippen LogP contribution in [0.5, 0.6) is 0 Å². The van der Waals surface area contributed by atoms with Gasteiger partial charge in [0.25, 0.3) is 5.91 Å². The zero-order valence-corrected chi connectivity index (χ0v) is 18.5. The molecule has 7 heteroatoms. The number of aromatic nitrogens is 2. The SMILES string of the molecule is CC(C)c1nc2ccccc2n1Cc1ccc(C(=O)N[C@@H]2CCCC[C@H]2C(=O)NO)cc1. The van der Waals surface area contributed by atoms with Crippen LogP contribution in [-0.2, 0) is 11.3 Å².